The summed E-state index contributed by atoms with van der Waals surface area (Å²) in [5.74, 6) is 0. The Bertz CT molecular complexity index is 970. The fourth-order valence-corrected chi connectivity index (χ4v) is 3.48. The standard InChI is InChI=1S/C16H13Cl3N4OS/c1-9-7-21-14(25-9)4-5-20-13-3-2-10(6-11(13)17)23-16(24)15(19)12(18)8-22-23/h2-3,6-8,20H,4-5H2,1H3. The van der Waals surface area contributed by atoms with E-state index in [1.54, 1.807) is 29.5 Å². The molecule has 1 aromatic carbocycles. The van der Waals surface area contributed by atoms with Gasteiger partial charge in [0.15, 0.2) is 0 Å². The van der Waals surface area contributed by atoms with Crippen molar-refractivity contribution in [2.24, 2.45) is 0 Å². The van der Waals surface area contributed by atoms with Gasteiger partial charge >= 0.3 is 0 Å². The molecule has 0 saturated carbocycles. The van der Waals surface area contributed by atoms with Crippen molar-refractivity contribution in [1.29, 1.82) is 0 Å². The van der Waals surface area contributed by atoms with E-state index in [4.69, 9.17) is 34.8 Å². The van der Waals surface area contributed by atoms with Gasteiger partial charge in [0.25, 0.3) is 5.56 Å². The van der Waals surface area contributed by atoms with Crippen LogP contribution in [0.25, 0.3) is 5.69 Å². The predicted molar refractivity (Wildman–Crippen MR) is 104 cm³/mol. The number of hydrogen-bond donors (Lipinski definition) is 1. The van der Waals surface area contributed by atoms with Crippen LogP contribution in [0.2, 0.25) is 15.1 Å². The number of nitrogens with zero attached hydrogens (tertiary/aromatic N) is 3. The molecule has 9 heteroatoms. The Balaban J connectivity index is 1.75. The molecule has 0 fully saturated rings. The Labute approximate surface area is 163 Å². The minimum Gasteiger partial charge on any atom is -0.383 e. The van der Waals surface area contributed by atoms with Gasteiger partial charge in [-0.1, -0.05) is 34.8 Å². The van der Waals surface area contributed by atoms with E-state index in [1.807, 2.05) is 13.1 Å². The molecular formula is C16H13Cl3N4OS. The lowest BCUT2D eigenvalue weighted by atomic mass is 10.2. The lowest BCUT2D eigenvalue weighted by molar-refractivity contribution is 0.807. The molecule has 0 radical (unpaired) electrons. The van der Waals surface area contributed by atoms with Gasteiger partial charge in [-0.3, -0.25) is 4.79 Å². The minimum atomic E-state index is -0.495. The Morgan fingerprint density at radius 1 is 1.20 bits per heavy atom. The van der Waals surface area contributed by atoms with E-state index in [2.05, 4.69) is 15.4 Å². The first-order valence-electron chi connectivity index (χ1n) is 7.34. The summed E-state index contributed by atoms with van der Waals surface area (Å²) in [6.45, 7) is 2.74. The summed E-state index contributed by atoms with van der Waals surface area (Å²) in [4.78, 5) is 17.7. The van der Waals surface area contributed by atoms with Crippen LogP contribution >= 0.6 is 46.1 Å². The first kappa shape index (κ1) is 18.2. The van der Waals surface area contributed by atoms with E-state index >= 15 is 0 Å². The average Bonchev–Trinajstić information content (AvgIpc) is 3.00. The van der Waals surface area contributed by atoms with E-state index in [-0.39, 0.29) is 10.0 Å². The molecule has 0 bridgehead atoms. The van der Waals surface area contributed by atoms with Gasteiger partial charge in [-0.15, -0.1) is 11.3 Å². The van der Waals surface area contributed by atoms with Gasteiger partial charge in [0, 0.05) is 24.0 Å². The number of benzene rings is 1. The molecule has 0 spiro atoms. The normalized spacial score (nSPS) is 10.9. The zero-order valence-corrected chi connectivity index (χ0v) is 16.2. The molecule has 25 heavy (non-hydrogen) atoms. The third kappa shape index (κ3) is 4.15. The van der Waals surface area contributed by atoms with E-state index in [0.29, 0.717) is 17.3 Å². The molecule has 130 valence electrons. The number of anilines is 1. The molecule has 2 aromatic heterocycles. The maximum atomic E-state index is 12.1. The van der Waals surface area contributed by atoms with Crippen LogP contribution in [0.1, 0.15) is 9.88 Å². The van der Waals surface area contributed by atoms with E-state index in [0.717, 1.165) is 21.8 Å². The Hall–Kier alpha value is -1.60. The predicted octanol–water partition coefficient (Wildman–Crippen LogP) is 4.61. The van der Waals surface area contributed by atoms with Crippen molar-refractivity contribution in [3.63, 3.8) is 0 Å². The van der Waals surface area contributed by atoms with Gasteiger partial charge in [-0.2, -0.15) is 9.78 Å². The number of nitrogens with one attached hydrogen (secondary N) is 1. The number of hydrogen-bond acceptors (Lipinski definition) is 5. The summed E-state index contributed by atoms with van der Waals surface area (Å²) < 4.78 is 1.15. The first-order chi connectivity index (χ1) is 12.0. The van der Waals surface area contributed by atoms with Crippen LogP contribution in [0, 0.1) is 6.92 Å². The van der Waals surface area contributed by atoms with Gasteiger partial charge in [-0.25, -0.2) is 4.98 Å². The maximum Gasteiger partial charge on any atom is 0.291 e. The monoisotopic (exact) mass is 414 g/mol. The highest BCUT2D eigenvalue weighted by Crippen LogP contribution is 2.25. The van der Waals surface area contributed by atoms with Crippen LogP contribution in [0.5, 0.6) is 0 Å². The SMILES string of the molecule is Cc1cnc(CCNc2ccc(-n3ncc(Cl)c(Cl)c3=O)cc2Cl)s1. The molecule has 2 heterocycles. The number of halogens is 3. The third-order valence-electron chi connectivity index (χ3n) is 3.40. The van der Waals surface area contributed by atoms with Crippen molar-refractivity contribution in [3.05, 3.63) is 65.9 Å². The van der Waals surface area contributed by atoms with Gasteiger partial charge < -0.3 is 5.32 Å². The number of aryl methyl sites for hydroxylation is 1. The molecule has 3 aromatic rings. The molecule has 0 saturated heterocycles. The molecule has 0 aliphatic rings. The second kappa shape index (κ2) is 7.74. The smallest absolute Gasteiger partial charge is 0.291 e. The lowest BCUT2D eigenvalue weighted by Gasteiger charge is -2.10. The van der Waals surface area contributed by atoms with Gasteiger partial charge in [-0.05, 0) is 25.1 Å². The highest BCUT2D eigenvalue weighted by molar-refractivity contribution is 7.11. The van der Waals surface area contributed by atoms with E-state index in [1.165, 1.54) is 11.1 Å². The van der Waals surface area contributed by atoms with Crippen molar-refractivity contribution in [2.45, 2.75) is 13.3 Å². The summed E-state index contributed by atoms with van der Waals surface area (Å²) >= 11 is 19.7. The molecule has 0 unspecified atom stereocenters. The summed E-state index contributed by atoms with van der Waals surface area (Å²) in [6, 6.07) is 5.18. The van der Waals surface area contributed by atoms with Crippen LogP contribution in [0.3, 0.4) is 0 Å². The molecule has 3 rings (SSSR count). The molecule has 0 atom stereocenters. The lowest BCUT2D eigenvalue weighted by Crippen LogP contribution is -2.21. The van der Waals surface area contributed by atoms with Crippen LogP contribution in [-0.4, -0.2) is 21.3 Å². The Morgan fingerprint density at radius 2 is 2.00 bits per heavy atom. The Kier molecular flexibility index (Phi) is 5.64. The Morgan fingerprint density at radius 3 is 2.68 bits per heavy atom. The highest BCUT2D eigenvalue weighted by Gasteiger charge is 2.11. The molecule has 5 nitrogen and oxygen atoms in total. The fourth-order valence-electron chi connectivity index (χ4n) is 2.20. The molecule has 0 aliphatic heterocycles. The second-order valence-electron chi connectivity index (χ2n) is 5.23. The minimum absolute atomic E-state index is 0.0752. The van der Waals surface area contributed by atoms with Crippen LogP contribution in [0.4, 0.5) is 5.69 Å². The van der Waals surface area contributed by atoms with Crippen molar-refractivity contribution < 1.29 is 0 Å². The molecule has 1 N–H and O–H groups in total. The van der Waals surface area contributed by atoms with E-state index < -0.39 is 5.56 Å². The summed E-state index contributed by atoms with van der Waals surface area (Å²) in [5.41, 5.74) is 0.784. The van der Waals surface area contributed by atoms with Crippen LogP contribution in [-0.2, 0) is 6.42 Å². The van der Waals surface area contributed by atoms with E-state index in [9.17, 15) is 4.79 Å². The largest absolute Gasteiger partial charge is 0.383 e. The van der Waals surface area contributed by atoms with Crippen molar-refractivity contribution >= 4 is 51.8 Å². The van der Waals surface area contributed by atoms with Crippen molar-refractivity contribution in [2.75, 3.05) is 11.9 Å². The fraction of sp³-hybridized carbons (Fsp3) is 0.188. The average molecular weight is 416 g/mol. The number of aromatic nitrogens is 3. The number of thiazole rings is 1. The maximum absolute atomic E-state index is 12.1. The zero-order chi connectivity index (χ0) is 18.0. The summed E-state index contributed by atoms with van der Waals surface area (Å²) in [5, 5.41) is 8.84. The molecule has 0 aliphatic carbocycles. The zero-order valence-electron chi connectivity index (χ0n) is 13.1. The molecule has 0 amide bonds. The first-order valence-corrected chi connectivity index (χ1v) is 9.29. The topological polar surface area (TPSA) is 59.8 Å². The third-order valence-corrected chi connectivity index (χ3v) is 5.43. The highest BCUT2D eigenvalue weighted by atomic mass is 35.5. The number of rotatable bonds is 5. The van der Waals surface area contributed by atoms with Crippen molar-refractivity contribution in [1.82, 2.24) is 14.8 Å². The summed E-state index contributed by atoms with van der Waals surface area (Å²) in [6.07, 6.45) is 4.00. The van der Waals surface area contributed by atoms with Gasteiger partial charge in [0.05, 0.1) is 32.6 Å². The second-order valence-corrected chi connectivity index (χ2v) is 7.74. The van der Waals surface area contributed by atoms with Crippen molar-refractivity contribution in [3.8, 4) is 5.69 Å². The molecular weight excluding hydrogens is 403 g/mol. The van der Waals surface area contributed by atoms with Gasteiger partial charge in [0.1, 0.15) is 5.02 Å². The summed E-state index contributed by atoms with van der Waals surface area (Å²) in [7, 11) is 0. The van der Waals surface area contributed by atoms with Gasteiger partial charge in [0.2, 0.25) is 0 Å². The van der Waals surface area contributed by atoms with Crippen LogP contribution < -0.4 is 10.9 Å². The van der Waals surface area contributed by atoms with Crippen LogP contribution in [0.15, 0.2) is 35.4 Å². The quantitative estimate of drug-likeness (QED) is 0.661.